The summed E-state index contributed by atoms with van der Waals surface area (Å²) in [7, 11) is -3.22. The molecule has 1 atom stereocenters. The molecule has 6 heteroatoms. The van der Waals surface area contributed by atoms with Crippen LogP contribution in [0.1, 0.15) is 30.5 Å². The Morgan fingerprint density at radius 3 is 2.62 bits per heavy atom. The standard InChI is InChI=1S/C18H21FN2O2S/c1-13-8-9-15(12-18(13)21-10-5-11-24(21,22)23)20-14(2)16-6-3-4-7-17(16)19/h3-4,6-9,12,14,20H,5,10-11H2,1-2H3. The predicted molar refractivity (Wildman–Crippen MR) is 95.4 cm³/mol. The third-order valence-electron chi connectivity index (χ3n) is 4.33. The number of hydrogen-bond donors (Lipinski definition) is 1. The molecule has 1 aliphatic rings. The first-order valence-electron chi connectivity index (χ1n) is 8.00. The maximum Gasteiger partial charge on any atom is 0.235 e. The van der Waals surface area contributed by atoms with Crippen LogP contribution >= 0.6 is 0 Å². The number of nitrogens with one attached hydrogen (secondary N) is 1. The number of hydrogen-bond acceptors (Lipinski definition) is 3. The van der Waals surface area contributed by atoms with Crippen LogP contribution in [0.5, 0.6) is 0 Å². The molecule has 0 bridgehead atoms. The fourth-order valence-electron chi connectivity index (χ4n) is 3.03. The highest BCUT2D eigenvalue weighted by Crippen LogP contribution is 2.31. The van der Waals surface area contributed by atoms with Crippen molar-refractivity contribution in [3.05, 3.63) is 59.4 Å². The van der Waals surface area contributed by atoms with E-state index >= 15 is 0 Å². The minimum atomic E-state index is -3.22. The highest BCUT2D eigenvalue weighted by molar-refractivity contribution is 7.93. The Morgan fingerprint density at radius 1 is 1.21 bits per heavy atom. The normalized spacial score (nSPS) is 17.7. The molecule has 0 spiro atoms. The largest absolute Gasteiger partial charge is 0.378 e. The second-order valence-electron chi connectivity index (χ2n) is 6.13. The first kappa shape index (κ1) is 16.8. The summed E-state index contributed by atoms with van der Waals surface area (Å²) in [4.78, 5) is 0. The molecule has 1 unspecified atom stereocenters. The van der Waals surface area contributed by atoms with E-state index < -0.39 is 10.0 Å². The van der Waals surface area contributed by atoms with E-state index in [1.165, 1.54) is 10.4 Å². The van der Waals surface area contributed by atoms with E-state index in [0.717, 1.165) is 11.3 Å². The molecule has 24 heavy (non-hydrogen) atoms. The van der Waals surface area contributed by atoms with Gasteiger partial charge < -0.3 is 5.32 Å². The summed E-state index contributed by atoms with van der Waals surface area (Å²) in [5.74, 6) is -0.0672. The average Bonchev–Trinajstić information content (AvgIpc) is 2.89. The Bertz CT molecular complexity index is 852. The van der Waals surface area contributed by atoms with Gasteiger partial charge in [-0.3, -0.25) is 4.31 Å². The van der Waals surface area contributed by atoms with Crippen LogP contribution in [0, 0.1) is 12.7 Å². The van der Waals surface area contributed by atoms with E-state index in [1.807, 2.05) is 32.0 Å². The number of benzene rings is 2. The van der Waals surface area contributed by atoms with Gasteiger partial charge in [-0.15, -0.1) is 0 Å². The zero-order valence-electron chi connectivity index (χ0n) is 13.8. The van der Waals surface area contributed by atoms with Gasteiger partial charge in [0.2, 0.25) is 10.0 Å². The van der Waals surface area contributed by atoms with Crippen molar-refractivity contribution in [1.82, 2.24) is 0 Å². The maximum atomic E-state index is 13.9. The number of nitrogens with zero attached hydrogens (tertiary/aromatic N) is 1. The van der Waals surface area contributed by atoms with E-state index in [0.29, 0.717) is 24.2 Å². The number of halogens is 1. The molecule has 0 radical (unpaired) electrons. The third-order valence-corrected chi connectivity index (χ3v) is 6.19. The van der Waals surface area contributed by atoms with E-state index in [4.69, 9.17) is 0 Å². The van der Waals surface area contributed by atoms with Crippen molar-refractivity contribution >= 4 is 21.4 Å². The molecule has 0 aliphatic carbocycles. The van der Waals surface area contributed by atoms with Crippen LogP contribution < -0.4 is 9.62 Å². The Labute approximate surface area is 142 Å². The molecule has 2 aromatic rings. The summed E-state index contributed by atoms with van der Waals surface area (Å²) < 4.78 is 39.7. The average molecular weight is 348 g/mol. The molecule has 0 amide bonds. The summed E-state index contributed by atoms with van der Waals surface area (Å²) in [6.07, 6.45) is 0.644. The number of sulfonamides is 1. The van der Waals surface area contributed by atoms with Gasteiger partial charge in [-0.1, -0.05) is 24.3 Å². The first-order chi connectivity index (χ1) is 11.4. The van der Waals surface area contributed by atoms with Crippen molar-refractivity contribution in [2.75, 3.05) is 21.9 Å². The zero-order valence-corrected chi connectivity index (χ0v) is 14.6. The van der Waals surface area contributed by atoms with E-state index in [9.17, 15) is 12.8 Å². The molecule has 4 nitrogen and oxygen atoms in total. The topological polar surface area (TPSA) is 49.4 Å². The Balaban J connectivity index is 1.88. The van der Waals surface area contributed by atoms with Crippen LogP contribution in [-0.2, 0) is 10.0 Å². The van der Waals surface area contributed by atoms with Crippen LogP contribution in [0.4, 0.5) is 15.8 Å². The summed E-state index contributed by atoms with van der Waals surface area (Å²) in [6.45, 7) is 4.29. The SMILES string of the molecule is Cc1ccc(NC(C)c2ccccc2F)cc1N1CCCS1(=O)=O. The van der Waals surface area contributed by atoms with Crippen molar-refractivity contribution < 1.29 is 12.8 Å². The molecule has 128 valence electrons. The Hall–Kier alpha value is -2.08. The molecule has 1 heterocycles. The minimum Gasteiger partial charge on any atom is -0.378 e. The zero-order chi connectivity index (χ0) is 17.3. The molecular formula is C18H21FN2O2S. The van der Waals surface area contributed by atoms with Crippen molar-refractivity contribution in [1.29, 1.82) is 0 Å². The lowest BCUT2D eigenvalue weighted by Crippen LogP contribution is -2.26. The first-order valence-corrected chi connectivity index (χ1v) is 9.61. The smallest absolute Gasteiger partial charge is 0.235 e. The molecule has 1 aliphatic heterocycles. The fraction of sp³-hybridized carbons (Fsp3) is 0.333. The number of rotatable bonds is 4. The van der Waals surface area contributed by atoms with E-state index in [-0.39, 0.29) is 17.6 Å². The van der Waals surface area contributed by atoms with Crippen LogP contribution in [0.25, 0.3) is 0 Å². The quantitative estimate of drug-likeness (QED) is 0.913. The molecule has 1 saturated heterocycles. The van der Waals surface area contributed by atoms with Crippen LogP contribution in [0.2, 0.25) is 0 Å². The van der Waals surface area contributed by atoms with Crippen LogP contribution in [0.15, 0.2) is 42.5 Å². The van der Waals surface area contributed by atoms with Gasteiger partial charge in [0.15, 0.2) is 0 Å². The van der Waals surface area contributed by atoms with Gasteiger partial charge in [-0.2, -0.15) is 0 Å². The summed E-state index contributed by atoms with van der Waals surface area (Å²) in [5.41, 5.74) is 2.95. The molecule has 3 rings (SSSR count). The predicted octanol–water partition coefficient (Wildman–Crippen LogP) is 3.85. The second kappa shape index (κ2) is 6.43. The molecular weight excluding hydrogens is 327 g/mol. The highest BCUT2D eigenvalue weighted by Gasteiger charge is 2.29. The third kappa shape index (κ3) is 3.24. The Morgan fingerprint density at radius 2 is 1.96 bits per heavy atom. The van der Waals surface area contributed by atoms with Crippen molar-refractivity contribution in [3.8, 4) is 0 Å². The Kier molecular flexibility index (Phi) is 4.49. The lowest BCUT2D eigenvalue weighted by Gasteiger charge is -2.22. The molecule has 0 aromatic heterocycles. The van der Waals surface area contributed by atoms with Gasteiger partial charge in [-0.25, -0.2) is 12.8 Å². The lowest BCUT2D eigenvalue weighted by atomic mass is 10.1. The lowest BCUT2D eigenvalue weighted by molar-refractivity contribution is 0.599. The summed E-state index contributed by atoms with van der Waals surface area (Å²) in [6, 6.07) is 12.0. The number of aryl methyl sites for hydroxylation is 1. The fourth-order valence-corrected chi connectivity index (χ4v) is 4.65. The van der Waals surface area contributed by atoms with Gasteiger partial charge in [-0.05, 0) is 44.0 Å². The molecule has 0 saturated carbocycles. The maximum absolute atomic E-state index is 13.9. The van der Waals surface area contributed by atoms with E-state index in [1.54, 1.807) is 18.2 Å². The molecule has 2 aromatic carbocycles. The monoisotopic (exact) mass is 348 g/mol. The van der Waals surface area contributed by atoms with Crippen molar-refractivity contribution in [3.63, 3.8) is 0 Å². The van der Waals surface area contributed by atoms with Crippen molar-refractivity contribution in [2.24, 2.45) is 0 Å². The van der Waals surface area contributed by atoms with Gasteiger partial charge in [0.05, 0.1) is 17.5 Å². The van der Waals surface area contributed by atoms with Crippen molar-refractivity contribution in [2.45, 2.75) is 26.3 Å². The summed E-state index contributed by atoms with van der Waals surface area (Å²) >= 11 is 0. The van der Waals surface area contributed by atoms with Gasteiger partial charge in [0.25, 0.3) is 0 Å². The summed E-state index contributed by atoms with van der Waals surface area (Å²) in [5, 5.41) is 3.26. The number of anilines is 2. The van der Waals surface area contributed by atoms with Crippen LogP contribution in [-0.4, -0.2) is 20.7 Å². The minimum absolute atomic E-state index is 0.190. The highest BCUT2D eigenvalue weighted by atomic mass is 32.2. The second-order valence-corrected chi connectivity index (χ2v) is 8.14. The van der Waals surface area contributed by atoms with E-state index in [2.05, 4.69) is 5.32 Å². The molecule has 1 fully saturated rings. The van der Waals surface area contributed by atoms with Gasteiger partial charge >= 0.3 is 0 Å². The van der Waals surface area contributed by atoms with Gasteiger partial charge in [0.1, 0.15) is 5.82 Å². The van der Waals surface area contributed by atoms with Gasteiger partial charge in [0, 0.05) is 17.8 Å². The van der Waals surface area contributed by atoms with Crippen LogP contribution in [0.3, 0.4) is 0 Å². The molecule has 1 N–H and O–H groups in total.